The molecule has 0 bridgehead atoms. The molecule has 1 amide bonds. The maximum absolute atomic E-state index is 11.2. The van der Waals surface area contributed by atoms with E-state index in [0.717, 1.165) is 6.42 Å². The van der Waals surface area contributed by atoms with Gasteiger partial charge in [-0.1, -0.05) is 13.8 Å². The topological polar surface area (TPSA) is 87.6 Å². The largest absolute Gasteiger partial charge is 0.493 e. The molecule has 0 aromatic heterocycles. The van der Waals surface area contributed by atoms with Crippen molar-refractivity contribution < 1.29 is 14.3 Å². The van der Waals surface area contributed by atoms with Gasteiger partial charge < -0.3 is 20.9 Å². The van der Waals surface area contributed by atoms with Crippen LogP contribution in [0, 0.1) is 5.41 Å². The van der Waals surface area contributed by atoms with Crippen molar-refractivity contribution >= 4 is 11.6 Å². The van der Waals surface area contributed by atoms with E-state index >= 15 is 0 Å². The van der Waals surface area contributed by atoms with Crippen molar-refractivity contribution in [2.45, 2.75) is 26.7 Å². The lowest BCUT2D eigenvalue weighted by Gasteiger charge is -2.20. The lowest BCUT2D eigenvalue weighted by atomic mass is 9.87. The zero-order chi connectivity index (χ0) is 14.5. The Balaban J connectivity index is 2.48. The molecular weight excluding hydrogens is 244 g/mol. The molecule has 5 heteroatoms. The molecule has 0 aliphatic heterocycles. The summed E-state index contributed by atoms with van der Waals surface area (Å²) in [6, 6.07) is 5.24. The summed E-state index contributed by atoms with van der Waals surface area (Å²) < 4.78 is 10.8. The Morgan fingerprint density at radius 3 is 2.58 bits per heavy atom. The van der Waals surface area contributed by atoms with Crippen LogP contribution in [-0.2, 0) is 4.79 Å². The Morgan fingerprint density at radius 1 is 1.32 bits per heavy atom. The molecule has 0 heterocycles. The third-order valence-corrected chi connectivity index (χ3v) is 3.06. The fraction of sp³-hybridized carbons (Fsp3) is 0.500. The Bertz CT molecular complexity index is 444. The Hall–Kier alpha value is -1.91. The number of rotatable bonds is 7. The minimum Gasteiger partial charge on any atom is -0.493 e. The van der Waals surface area contributed by atoms with Gasteiger partial charge in [-0.05, 0) is 25.0 Å². The van der Waals surface area contributed by atoms with Crippen LogP contribution in [0.2, 0.25) is 0 Å². The van der Waals surface area contributed by atoms with Gasteiger partial charge in [0.15, 0.2) is 11.5 Å². The average Bonchev–Trinajstić information content (AvgIpc) is 2.35. The monoisotopic (exact) mass is 266 g/mol. The van der Waals surface area contributed by atoms with Crippen molar-refractivity contribution in [2.24, 2.45) is 11.1 Å². The van der Waals surface area contributed by atoms with Gasteiger partial charge in [0.25, 0.3) is 0 Å². The van der Waals surface area contributed by atoms with Crippen LogP contribution < -0.4 is 20.9 Å². The van der Waals surface area contributed by atoms with Crippen molar-refractivity contribution in [3.63, 3.8) is 0 Å². The number of hydrogen-bond donors (Lipinski definition) is 2. The number of primary amides is 1. The molecule has 0 saturated carbocycles. The van der Waals surface area contributed by atoms with Gasteiger partial charge in [0.2, 0.25) is 5.91 Å². The summed E-state index contributed by atoms with van der Waals surface area (Å²) in [7, 11) is 1.57. The first-order chi connectivity index (χ1) is 8.86. The molecule has 0 aliphatic rings. The van der Waals surface area contributed by atoms with E-state index in [1.54, 1.807) is 25.3 Å². The van der Waals surface area contributed by atoms with E-state index in [9.17, 15) is 4.79 Å². The number of anilines is 1. The highest BCUT2D eigenvalue weighted by atomic mass is 16.5. The Morgan fingerprint density at radius 2 is 2.00 bits per heavy atom. The minimum absolute atomic E-state index is 0.294. The van der Waals surface area contributed by atoms with Crippen LogP contribution in [0.4, 0.5) is 5.69 Å². The quantitative estimate of drug-likeness (QED) is 0.583. The van der Waals surface area contributed by atoms with Crippen molar-refractivity contribution in [1.29, 1.82) is 0 Å². The fourth-order valence-electron chi connectivity index (χ4n) is 1.62. The second-order valence-electron chi connectivity index (χ2n) is 5.11. The number of carbonyl (C=O) groups excluding carboxylic acids is 1. The van der Waals surface area contributed by atoms with Crippen molar-refractivity contribution in [1.82, 2.24) is 0 Å². The molecule has 0 atom stereocenters. The smallest absolute Gasteiger partial charge is 0.223 e. The summed E-state index contributed by atoms with van der Waals surface area (Å²) in [5.74, 6) is 0.959. The first-order valence-electron chi connectivity index (χ1n) is 6.23. The maximum Gasteiger partial charge on any atom is 0.223 e. The number of benzene rings is 1. The second-order valence-corrected chi connectivity index (χ2v) is 5.11. The maximum atomic E-state index is 11.2. The average molecular weight is 266 g/mol. The molecule has 1 rings (SSSR count). The van der Waals surface area contributed by atoms with Crippen LogP contribution in [-0.4, -0.2) is 19.6 Å². The zero-order valence-corrected chi connectivity index (χ0v) is 11.7. The van der Waals surface area contributed by atoms with Gasteiger partial charge in [-0.15, -0.1) is 0 Å². The molecule has 19 heavy (non-hydrogen) atoms. The molecule has 106 valence electrons. The highest BCUT2D eigenvalue weighted by Crippen LogP contribution is 2.29. The molecule has 0 saturated heterocycles. The molecule has 0 fully saturated rings. The number of hydrogen-bond acceptors (Lipinski definition) is 4. The van der Waals surface area contributed by atoms with Crippen LogP contribution in [0.3, 0.4) is 0 Å². The first kappa shape index (κ1) is 15.1. The van der Waals surface area contributed by atoms with Gasteiger partial charge in [-0.25, -0.2) is 0 Å². The number of ether oxygens (including phenoxy) is 2. The fourth-order valence-corrected chi connectivity index (χ4v) is 1.62. The number of nitrogen functional groups attached to an aromatic ring is 1. The zero-order valence-electron chi connectivity index (χ0n) is 11.7. The van der Waals surface area contributed by atoms with Gasteiger partial charge >= 0.3 is 0 Å². The summed E-state index contributed by atoms with van der Waals surface area (Å²) in [6.07, 6.45) is 1.42. The number of methoxy groups -OCH3 is 1. The second kappa shape index (κ2) is 6.31. The van der Waals surface area contributed by atoms with Gasteiger partial charge in [-0.3, -0.25) is 4.79 Å². The van der Waals surface area contributed by atoms with E-state index in [1.165, 1.54) is 0 Å². The van der Waals surface area contributed by atoms with E-state index < -0.39 is 5.41 Å². The van der Waals surface area contributed by atoms with E-state index in [1.807, 2.05) is 13.8 Å². The summed E-state index contributed by atoms with van der Waals surface area (Å²) in [5, 5.41) is 0. The minimum atomic E-state index is -0.505. The summed E-state index contributed by atoms with van der Waals surface area (Å²) in [5.41, 5.74) is 11.1. The summed E-state index contributed by atoms with van der Waals surface area (Å²) >= 11 is 0. The third-order valence-electron chi connectivity index (χ3n) is 3.06. The normalized spacial score (nSPS) is 11.1. The lowest BCUT2D eigenvalue weighted by molar-refractivity contribution is -0.126. The molecule has 1 aromatic rings. The number of nitrogens with two attached hydrogens (primary N) is 2. The number of amides is 1. The predicted molar refractivity (Wildman–Crippen MR) is 75.1 cm³/mol. The predicted octanol–water partition coefficient (Wildman–Crippen LogP) is 1.95. The Labute approximate surface area is 113 Å². The standard InChI is InChI=1S/C14H22N2O3/c1-14(2,13(16)17)7-4-8-19-11-6-5-10(15)9-12(11)18-3/h5-6,9H,4,7-8,15H2,1-3H3,(H2,16,17). The Kier molecular flexibility index (Phi) is 5.03. The molecule has 0 radical (unpaired) electrons. The van der Waals surface area contributed by atoms with Crippen LogP contribution in [0.25, 0.3) is 0 Å². The molecular formula is C14H22N2O3. The van der Waals surface area contributed by atoms with Crippen LogP contribution in [0.15, 0.2) is 18.2 Å². The third kappa shape index (κ3) is 4.35. The van der Waals surface area contributed by atoms with Crippen LogP contribution >= 0.6 is 0 Å². The molecule has 0 spiro atoms. The van der Waals surface area contributed by atoms with E-state index in [-0.39, 0.29) is 5.91 Å². The lowest BCUT2D eigenvalue weighted by Crippen LogP contribution is -2.31. The molecule has 0 unspecified atom stereocenters. The van der Waals surface area contributed by atoms with Crippen molar-refractivity contribution in [3.8, 4) is 11.5 Å². The number of carbonyl (C=O) groups is 1. The highest BCUT2D eigenvalue weighted by molar-refractivity contribution is 5.79. The van der Waals surface area contributed by atoms with Gasteiger partial charge in [0, 0.05) is 17.2 Å². The first-order valence-corrected chi connectivity index (χ1v) is 6.23. The van der Waals surface area contributed by atoms with Gasteiger partial charge in [0.1, 0.15) is 0 Å². The highest BCUT2D eigenvalue weighted by Gasteiger charge is 2.24. The van der Waals surface area contributed by atoms with Crippen LogP contribution in [0.5, 0.6) is 11.5 Å². The van der Waals surface area contributed by atoms with E-state index in [0.29, 0.717) is 30.2 Å². The van der Waals surface area contributed by atoms with Gasteiger partial charge in [-0.2, -0.15) is 0 Å². The molecule has 4 N–H and O–H groups in total. The SMILES string of the molecule is COc1cc(N)ccc1OCCCC(C)(C)C(N)=O. The summed E-state index contributed by atoms with van der Waals surface area (Å²) in [6.45, 7) is 4.16. The van der Waals surface area contributed by atoms with E-state index in [2.05, 4.69) is 0 Å². The molecule has 0 aliphatic carbocycles. The van der Waals surface area contributed by atoms with Gasteiger partial charge in [0.05, 0.1) is 13.7 Å². The molecule has 5 nitrogen and oxygen atoms in total. The van der Waals surface area contributed by atoms with E-state index in [4.69, 9.17) is 20.9 Å². The van der Waals surface area contributed by atoms with Crippen molar-refractivity contribution in [2.75, 3.05) is 19.5 Å². The van der Waals surface area contributed by atoms with Crippen molar-refractivity contribution in [3.05, 3.63) is 18.2 Å². The summed E-state index contributed by atoms with van der Waals surface area (Å²) in [4.78, 5) is 11.2. The molecule has 1 aromatic carbocycles. The van der Waals surface area contributed by atoms with Crippen LogP contribution in [0.1, 0.15) is 26.7 Å².